The molecule has 35 heavy (non-hydrogen) atoms. The van der Waals surface area contributed by atoms with E-state index in [4.69, 9.17) is 14.2 Å². The highest BCUT2D eigenvalue weighted by Gasteiger charge is 2.12. The van der Waals surface area contributed by atoms with Crippen molar-refractivity contribution in [2.75, 3.05) is 25.1 Å². The molecule has 3 aromatic rings. The average Bonchev–Trinajstić information content (AvgIpc) is 2.85. The van der Waals surface area contributed by atoms with Crippen LogP contribution in [0.15, 0.2) is 76.3 Å². The van der Waals surface area contributed by atoms with E-state index >= 15 is 0 Å². The first-order chi connectivity index (χ1) is 17.0. The number of hydrazone groups is 1. The van der Waals surface area contributed by atoms with E-state index in [-0.39, 0.29) is 12.5 Å². The van der Waals surface area contributed by atoms with Gasteiger partial charge in [0.15, 0.2) is 18.1 Å². The maximum Gasteiger partial charge on any atom is 0.271 e. The quantitative estimate of drug-likeness (QED) is 0.263. The summed E-state index contributed by atoms with van der Waals surface area (Å²) in [4.78, 5) is 24.8. The summed E-state index contributed by atoms with van der Waals surface area (Å²) in [6.45, 7) is 4.48. The zero-order valence-corrected chi connectivity index (χ0v) is 21.0. The molecule has 3 rings (SSSR count). The molecular formula is C26H26BrN3O5. The van der Waals surface area contributed by atoms with Crippen molar-refractivity contribution in [3.05, 3.63) is 82.3 Å². The standard InChI is InChI=1S/C26H26BrN3O5/c1-3-33-23-12-10-18(15-24(23)34-4-2)26(32)30-28-16-19-14-20(27)11-13-22(19)35-17-25(31)29-21-8-6-5-7-9-21/h5-16H,3-4,17H2,1-2H3,(H,29,31)(H,30,32)/b28-16+. The number of para-hydroxylation sites is 1. The SMILES string of the molecule is CCOc1ccc(C(=O)N/N=C/c2cc(Br)ccc2OCC(=O)Nc2ccccc2)cc1OCC. The predicted molar refractivity (Wildman–Crippen MR) is 139 cm³/mol. The van der Waals surface area contributed by atoms with Gasteiger partial charge in [-0.1, -0.05) is 34.1 Å². The largest absolute Gasteiger partial charge is 0.490 e. The summed E-state index contributed by atoms with van der Waals surface area (Å²) in [5.74, 6) is 0.791. The molecule has 0 bridgehead atoms. The van der Waals surface area contributed by atoms with Gasteiger partial charge in [-0.3, -0.25) is 9.59 Å². The van der Waals surface area contributed by atoms with Gasteiger partial charge in [-0.25, -0.2) is 5.43 Å². The number of carbonyl (C=O) groups is 2. The fourth-order valence-corrected chi connectivity index (χ4v) is 3.41. The first kappa shape index (κ1) is 25.8. The lowest BCUT2D eigenvalue weighted by atomic mass is 10.2. The Morgan fingerprint density at radius 1 is 0.886 bits per heavy atom. The van der Waals surface area contributed by atoms with Crippen LogP contribution in [0.25, 0.3) is 0 Å². The third kappa shape index (κ3) is 7.86. The Labute approximate surface area is 212 Å². The van der Waals surface area contributed by atoms with Crippen LogP contribution in [0.1, 0.15) is 29.8 Å². The van der Waals surface area contributed by atoms with Crippen LogP contribution in [0.3, 0.4) is 0 Å². The average molecular weight is 540 g/mol. The molecule has 0 aromatic heterocycles. The summed E-state index contributed by atoms with van der Waals surface area (Å²) in [6, 6.07) is 19.3. The van der Waals surface area contributed by atoms with Gasteiger partial charge >= 0.3 is 0 Å². The van der Waals surface area contributed by atoms with Crippen molar-refractivity contribution in [1.82, 2.24) is 5.43 Å². The van der Waals surface area contributed by atoms with Crippen LogP contribution in [0, 0.1) is 0 Å². The first-order valence-electron chi connectivity index (χ1n) is 11.0. The van der Waals surface area contributed by atoms with Crippen LogP contribution in [-0.4, -0.2) is 37.8 Å². The number of halogens is 1. The molecule has 0 spiro atoms. The lowest BCUT2D eigenvalue weighted by Gasteiger charge is -2.12. The minimum atomic E-state index is -0.412. The third-order valence-electron chi connectivity index (χ3n) is 4.56. The monoisotopic (exact) mass is 539 g/mol. The molecule has 0 saturated carbocycles. The summed E-state index contributed by atoms with van der Waals surface area (Å²) >= 11 is 3.41. The molecule has 0 fully saturated rings. The summed E-state index contributed by atoms with van der Waals surface area (Å²) in [7, 11) is 0. The number of hydrogen-bond acceptors (Lipinski definition) is 6. The zero-order valence-electron chi connectivity index (χ0n) is 19.4. The molecule has 2 amide bonds. The number of carbonyl (C=O) groups excluding carboxylic acids is 2. The van der Waals surface area contributed by atoms with Gasteiger partial charge in [0, 0.05) is 21.3 Å². The van der Waals surface area contributed by atoms with Gasteiger partial charge in [0.2, 0.25) is 0 Å². The van der Waals surface area contributed by atoms with Crippen molar-refractivity contribution in [3.63, 3.8) is 0 Å². The van der Waals surface area contributed by atoms with E-state index in [9.17, 15) is 9.59 Å². The zero-order chi connectivity index (χ0) is 25.0. The van der Waals surface area contributed by atoms with Crippen molar-refractivity contribution < 1.29 is 23.8 Å². The van der Waals surface area contributed by atoms with E-state index in [1.54, 1.807) is 48.5 Å². The van der Waals surface area contributed by atoms with Crippen molar-refractivity contribution in [2.24, 2.45) is 5.10 Å². The number of hydrogen-bond donors (Lipinski definition) is 2. The minimum absolute atomic E-state index is 0.184. The van der Waals surface area contributed by atoms with Gasteiger partial charge in [0.05, 0.1) is 19.4 Å². The number of benzene rings is 3. The highest BCUT2D eigenvalue weighted by Crippen LogP contribution is 2.28. The lowest BCUT2D eigenvalue weighted by Crippen LogP contribution is -2.20. The highest BCUT2D eigenvalue weighted by atomic mass is 79.9. The van der Waals surface area contributed by atoms with Gasteiger partial charge in [-0.15, -0.1) is 0 Å². The Kier molecular flexibility index (Phi) is 9.68. The maximum atomic E-state index is 12.6. The molecule has 8 nitrogen and oxygen atoms in total. The molecule has 2 N–H and O–H groups in total. The smallest absolute Gasteiger partial charge is 0.271 e. The van der Waals surface area contributed by atoms with Crippen molar-refractivity contribution in [2.45, 2.75) is 13.8 Å². The normalized spacial score (nSPS) is 10.6. The van der Waals surface area contributed by atoms with Crippen molar-refractivity contribution in [1.29, 1.82) is 0 Å². The Morgan fingerprint density at radius 2 is 1.60 bits per heavy atom. The number of ether oxygens (including phenoxy) is 3. The Morgan fingerprint density at radius 3 is 2.34 bits per heavy atom. The summed E-state index contributed by atoms with van der Waals surface area (Å²) in [5, 5.41) is 6.81. The summed E-state index contributed by atoms with van der Waals surface area (Å²) < 4.78 is 17.6. The summed E-state index contributed by atoms with van der Waals surface area (Å²) in [6.07, 6.45) is 1.45. The Hall–Kier alpha value is -3.85. The molecule has 0 heterocycles. The number of nitrogens with one attached hydrogen (secondary N) is 2. The number of rotatable bonds is 11. The molecule has 0 aliphatic rings. The minimum Gasteiger partial charge on any atom is -0.490 e. The second-order valence-corrected chi connectivity index (χ2v) is 8.03. The van der Waals surface area contributed by atoms with Crippen LogP contribution in [-0.2, 0) is 4.79 Å². The third-order valence-corrected chi connectivity index (χ3v) is 5.06. The topological polar surface area (TPSA) is 98.3 Å². The van der Waals surface area contributed by atoms with E-state index in [2.05, 4.69) is 31.8 Å². The Bertz CT molecular complexity index is 1180. The molecule has 9 heteroatoms. The van der Waals surface area contributed by atoms with E-state index in [1.807, 2.05) is 32.0 Å². The molecule has 0 atom stereocenters. The molecule has 0 radical (unpaired) electrons. The van der Waals surface area contributed by atoms with Gasteiger partial charge < -0.3 is 19.5 Å². The van der Waals surface area contributed by atoms with Gasteiger partial charge in [0.1, 0.15) is 5.75 Å². The molecule has 0 aliphatic carbocycles. The molecule has 0 aliphatic heterocycles. The second-order valence-electron chi connectivity index (χ2n) is 7.11. The second kappa shape index (κ2) is 13.1. The highest BCUT2D eigenvalue weighted by molar-refractivity contribution is 9.10. The number of anilines is 1. The lowest BCUT2D eigenvalue weighted by molar-refractivity contribution is -0.118. The fourth-order valence-electron chi connectivity index (χ4n) is 3.03. The molecular weight excluding hydrogens is 514 g/mol. The van der Waals surface area contributed by atoms with Crippen LogP contribution in [0.4, 0.5) is 5.69 Å². The first-order valence-corrected chi connectivity index (χ1v) is 11.8. The van der Waals surface area contributed by atoms with E-state index in [0.29, 0.717) is 47.3 Å². The van der Waals surface area contributed by atoms with E-state index in [1.165, 1.54) is 6.21 Å². The molecule has 0 unspecified atom stereocenters. The van der Waals surface area contributed by atoms with Crippen LogP contribution in [0.2, 0.25) is 0 Å². The summed E-state index contributed by atoms with van der Waals surface area (Å²) in [5.41, 5.74) is 4.13. The van der Waals surface area contributed by atoms with Gasteiger partial charge in [0.25, 0.3) is 11.8 Å². The van der Waals surface area contributed by atoms with Crippen LogP contribution < -0.4 is 25.0 Å². The fraction of sp³-hybridized carbons (Fsp3) is 0.192. The van der Waals surface area contributed by atoms with Gasteiger partial charge in [-0.05, 0) is 62.4 Å². The number of amides is 2. The van der Waals surface area contributed by atoms with Crippen molar-refractivity contribution >= 4 is 39.6 Å². The molecule has 0 saturated heterocycles. The van der Waals surface area contributed by atoms with Crippen LogP contribution >= 0.6 is 15.9 Å². The maximum absolute atomic E-state index is 12.6. The van der Waals surface area contributed by atoms with Gasteiger partial charge in [-0.2, -0.15) is 5.10 Å². The molecule has 182 valence electrons. The van der Waals surface area contributed by atoms with Crippen LogP contribution in [0.5, 0.6) is 17.2 Å². The Balaban J connectivity index is 1.64. The molecule has 3 aromatic carbocycles. The van der Waals surface area contributed by atoms with E-state index in [0.717, 1.165) is 4.47 Å². The van der Waals surface area contributed by atoms with Crippen molar-refractivity contribution in [3.8, 4) is 17.2 Å². The van der Waals surface area contributed by atoms with E-state index < -0.39 is 5.91 Å². The predicted octanol–water partition coefficient (Wildman–Crippen LogP) is 5.03. The number of nitrogens with zero attached hydrogens (tertiary/aromatic N) is 1.